The number of aromatic nitrogens is 2. The molecule has 0 aliphatic heterocycles. The summed E-state index contributed by atoms with van der Waals surface area (Å²) in [6, 6.07) is 19.2. The number of aryl methyl sites for hydroxylation is 1. The van der Waals surface area contributed by atoms with Gasteiger partial charge in [0.15, 0.2) is 18.1 Å². The summed E-state index contributed by atoms with van der Waals surface area (Å²) in [4.78, 5) is 17.1. The second-order valence-corrected chi connectivity index (χ2v) is 7.11. The number of carbonyl (C=O) groups excluding carboxylic acids is 1. The van der Waals surface area contributed by atoms with Crippen molar-refractivity contribution in [3.63, 3.8) is 0 Å². The molecule has 9 heteroatoms. The van der Waals surface area contributed by atoms with E-state index in [-0.39, 0.29) is 12.5 Å². The molecule has 3 aromatic carbocycles. The Hall–Kier alpha value is -4.53. The summed E-state index contributed by atoms with van der Waals surface area (Å²) in [6.07, 6.45) is 0. The second-order valence-electron chi connectivity index (χ2n) is 7.11. The Bertz CT molecular complexity index is 1270. The van der Waals surface area contributed by atoms with E-state index in [1.807, 2.05) is 0 Å². The molecule has 0 unspecified atom stereocenters. The summed E-state index contributed by atoms with van der Waals surface area (Å²) in [5.41, 5.74) is 0.883. The molecule has 0 saturated heterocycles. The lowest BCUT2D eigenvalue weighted by Crippen LogP contribution is -2.14. The zero-order valence-corrected chi connectivity index (χ0v) is 18.9. The number of amides is 1. The van der Waals surface area contributed by atoms with Crippen LogP contribution in [0.25, 0.3) is 0 Å². The maximum atomic E-state index is 13.0. The van der Waals surface area contributed by atoms with Crippen molar-refractivity contribution in [1.82, 2.24) is 10.1 Å². The first kappa shape index (κ1) is 22.7. The number of para-hydroxylation sites is 1. The van der Waals surface area contributed by atoms with Crippen LogP contribution in [0.5, 0.6) is 28.7 Å². The van der Waals surface area contributed by atoms with Gasteiger partial charge in [0.25, 0.3) is 5.91 Å². The lowest BCUT2D eigenvalue weighted by molar-refractivity contribution is 0.102. The minimum absolute atomic E-state index is 0.0734. The van der Waals surface area contributed by atoms with E-state index < -0.39 is 0 Å². The molecule has 0 atom stereocenters. The Morgan fingerprint density at radius 3 is 2.38 bits per heavy atom. The maximum Gasteiger partial charge on any atom is 0.259 e. The van der Waals surface area contributed by atoms with Crippen LogP contribution in [0.4, 0.5) is 5.69 Å². The van der Waals surface area contributed by atoms with Crippen LogP contribution in [0.3, 0.4) is 0 Å². The third-order valence-electron chi connectivity index (χ3n) is 4.77. The van der Waals surface area contributed by atoms with Gasteiger partial charge in [-0.05, 0) is 48.5 Å². The minimum Gasteiger partial charge on any atom is -0.497 e. The Labute approximate surface area is 196 Å². The predicted octanol–water partition coefficient (Wildman–Crippen LogP) is 5.02. The van der Waals surface area contributed by atoms with E-state index in [1.165, 1.54) is 0 Å². The molecule has 4 rings (SSSR count). The summed E-state index contributed by atoms with van der Waals surface area (Å²) < 4.78 is 27.2. The number of hydrogen-bond donors (Lipinski definition) is 1. The van der Waals surface area contributed by atoms with Crippen LogP contribution in [0.1, 0.15) is 22.1 Å². The Kier molecular flexibility index (Phi) is 6.92. The van der Waals surface area contributed by atoms with Crippen molar-refractivity contribution in [1.29, 1.82) is 0 Å². The number of hydrogen-bond acceptors (Lipinski definition) is 8. The molecule has 1 heterocycles. The highest BCUT2D eigenvalue weighted by molar-refractivity contribution is 6.06. The average Bonchev–Trinajstić information content (AvgIpc) is 3.28. The Balaban J connectivity index is 1.50. The van der Waals surface area contributed by atoms with E-state index in [9.17, 15) is 4.79 Å². The zero-order valence-electron chi connectivity index (χ0n) is 18.9. The molecule has 0 spiro atoms. The van der Waals surface area contributed by atoms with E-state index in [0.29, 0.717) is 46.0 Å². The summed E-state index contributed by atoms with van der Waals surface area (Å²) in [5.74, 6) is 3.16. The molecule has 1 aromatic heterocycles. The van der Waals surface area contributed by atoms with Gasteiger partial charge in [0.05, 0.1) is 19.8 Å². The topological polar surface area (TPSA) is 105 Å². The third-order valence-corrected chi connectivity index (χ3v) is 4.77. The van der Waals surface area contributed by atoms with Gasteiger partial charge in [-0.3, -0.25) is 4.79 Å². The predicted molar refractivity (Wildman–Crippen MR) is 124 cm³/mol. The Morgan fingerprint density at radius 1 is 0.912 bits per heavy atom. The molecule has 9 nitrogen and oxygen atoms in total. The van der Waals surface area contributed by atoms with Gasteiger partial charge in [0.2, 0.25) is 11.7 Å². The number of anilines is 1. The monoisotopic (exact) mass is 461 g/mol. The van der Waals surface area contributed by atoms with E-state index >= 15 is 0 Å². The number of nitrogens with one attached hydrogen (secondary N) is 1. The van der Waals surface area contributed by atoms with Crippen molar-refractivity contribution in [2.45, 2.75) is 13.5 Å². The Morgan fingerprint density at radius 2 is 1.68 bits per heavy atom. The number of rotatable bonds is 9. The van der Waals surface area contributed by atoms with Crippen LogP contribution in [0, 0.1) is 6.92 Å². The molecule has 0 saturated carbocycles. The number of carbonyl (C=O) groups is 1. The van der Waals surface area contributed by atoms with Crippen LogP contribution in [0.15, 0.2) is 71.3 Å². The van der Waals surface area contributed by atoms with Crippen LogP contribution < -0.4 is 24.3 Å². The fourth-order valence-electron chi connectivity index (χ4n) is 3.13. The number of methoxy groups -OCH3 is 2. The van der Waals surface area contributed by atoms with Gasteiger partial charge in [-0.1, -0.05) is 17.3 Å². The molecule has 34 heavy (non-hydrogen) atoms. The highest BCUT2D eigenvalue weighted by Gasteiger charge is 2.15. The van der Waals surface area contributed by atoms with Gasteiger partial charge in [0.1, 0.15) is 17.2 Å². The average molecular weight is 461 g/mol. The van der Waals surface area contributed by atoms with Crippen molar-refractivity contribution in [3.05, 3.63) is 84.0 Å². The summed E-state index contributed by atoms with van der Waals surface area (Å²) in [5, 5.41) is 6.67. The first-order valence-electron chi connectivity index (χ1n) is 10.4. The molecule has 1 N–H and O–H groups in total. The number of ether oxygens (including phenoxy) is 4. The molecule has 0 radical (unpaired) electrons. The van der Waals surface area contributed by atoms with Gasteiger partial charge in [-0.2, -0.15) is 4.98 Å². The van der Waals surface area contributed by atoms with Crippen LogP contribution >= 0.6 is 0 Å². The molecule has 0 aliphatic rings. The molecular weight excluding hydrogens is 438 g/mol. The van der Waals surface area contributed by atoms with Gasteiger partial charge >= 0.3 is 0 Å². The number of nitrogens with zero attached hydrogens (tertiary/aromatic N) is 2. The highest BCUT2D eigenvalue weighted by atomic mass is 16.5. The minimum atomic E-state index is -0.347. The lowest BCUT2D eigenvalue weighted by Gasteiger charge is -2.14. The quantitative estimate of drug-likeness (QED) is 0.371. The van der Waals surface area contributed by atoms with E-state index in [4.69, 9.17) is 23.5 Å². The fourth-order valence-corrected chi connectivity index (χ4v) is 3.13. The van der Waals surface area contributed by atoms with Crippen molar-refractivity contribution >= 4 is 11.6 Å². The summed E-state index contributed by atoms with van der Waals surface area (Å²) >= 11 is 0. The van der Waals surface area contributed by atoms with Crippen molar-refractivity contribution in [3.8, 4) is 28.7 Å². The first-order valence-corrected chi connectivity index (χ1v) is 10.4. The molecule has 4 aromatic rings. The maximum absolute atomic E-state index is 13.0. The number of benzene rings is 3. The molecule has 0 bridgehead atoms. The molecular formula is C25H23N3O6. The normalized spacial score (nSPS) is 10.4. The largest absolute Gasteiger partial charge is 0.497 e. The van der Waals surface area contributed by atoms with Crippen molar-refractivity contribution in [2.75, 3.05) is 19.5 Å². The fraction of sp³-hybridized carbons (Fsp3) is 0.160. The smallest absolute Gasteiger partial charge is 0.259 e. The van der Waals surface area contributed by atoms with Crippen LogP contribution in [0.2, 0.25) is 0 Å². The SMILES string of the molecule is COc1ccc(Oc2cc(NC(=O)c3ccccc3OCc3noc(C)n3)ccc2OC)cc1. The van der Waals surface area contributed by atoms with Gasteiger partial charge in [-0.15, -0.1) is 0 Å². The molecule has 0 fully saturated rings. The van der Waals surface area contributed by atoms with Crippen LogP contribution in [-0.2, 0) is 6.61 Å². The zero-order chi connectivity index (χ0) is 23.9. The van der Waals surface area contributed by atoms with Crippen LogP contribution in [-0.4, -0.2) is 30.3 Å². The second kappa shape index (κ2) is 10.4. The first-order chi connectivity index (χ1) is 16.6. The standard InChI is InChI=1S/C25H23N3O6/c1-16-26-24(28-34-16)15-32-21-7-5-4-6-20(21)25(29)27-17-8-13-22(31-3)23(14-17)33-19-11-9-18(30-2)10-12-19/h4-14H,15H2,1-3H3,(H,27,29). The van der Waals surface area contributed by atoms with Gasteiger partial charge in [-0.25, -0.2) is 0 Å². The highest BCUT2D eigenvalue weighted by Crippen LogP contribution is 2.35. The molecule has 1 amide bonds. The summed E-state index contributed by atoms with van der Waals surface area (Å²) in [6.45, 7) is 1.77. The van der Waals surface area contributed by atoms with Crippen molar-refractivity contribution in [2.24, 2.45) is 0 Å². The van der Waals surface area contributed by atoms with E-state index in [0.717, 1.165) is 5.75 Å². The van der Waals surface area contributed by atoms with E-state index in [2.05, 4.69) is 15.5 Å². The third kappa shape index (κ3) is 5.44. The lowest BCUT2D eigenvalue weighted by atomic mass is 10.1. The summed E-state index contributed by atoms with van der Waals surface area (Å²) in [7, 11) is 3.15. The van der Waals surface area contributed by atoms with Gasteiger partial charge < -0.3 is 28.8 Å². The molecule has 174 valence electrons. The van der Waals surface area contributed by atoms with E-state index in [1.54, 1.807) is 87.9 Å². The van der Waals surface area contributed by atoms with Gasteiger partial charge in [0, 0.05) is 18.7 Å². The molecule has 0 aliphatic carbocycles. The van der Waals surface area contributed by atoms with Crippen molar-refractivity contribution < 1.29 is 28.3 Å².